The number of aliphatic carboxylic acids is 1. The number of halogens is 4. The van der Waals surface area contributed by atoms with Crippen molar-refractivity contribution in [3.63, 3.8) is 0 Å². The van der Waals surface area contributed by atoms with E-state index >= 15 is 0 Å². The first kappa shape index (κ1) is 13.2. The summed E-state index contributed by atoms with van der Waals surface area (Å²) in [6, 6.07) is 1.38. The fourth-order valence-corrected chi connectivity index (χ4v) is 1.26. The van der Waals surface area contributed by atoms with Crippen molar-refractivity contribution in [3.8, 4) is 0 Å². The number of hydrogen-bond acceptors (Lipinski definition) is 3. The number of hydrogen-bond donors (Lipinski definition) is 3. The van der Waals surface area contributed by atoms with Gasteiger partial charge in [0.15, 0.2) is 11.9 Å². The third-order valence-electron chi connectivity index (χ3n) is 2.02. The molecule has 1 aromatic rings. The molecular formula is C9H7F4NO3. The van der Waals surface area contributed by atoms with Crippen molar-refractivity contribution in [2.24, 2.45) is 0 Å². The van der Waals surface area contributed by atoms with E-state index in [9.17, 15) is 22.4 Å². The molecule has 0 heterocycles. The Labute approximate surface area is 92.3 Å². The summed E-state index contributed by atoms with van der Waals surface area (Å²) in [5.74, 6) is -3.71. The molecule has 0 radical (unpaired) electrons. The van der Waals surface area contributed by atoms with Gasteiger partial charge in [-0.25, -0.2) is 9.18 Å². The average Bonchev–Trinajstić information content (AvgIpc) is 2.18. The van der Waals surface area contributed by atoms with E-state index in [1.807, 2.05) is 0 Å². The van der Waals surface area contributed by atoms with Crippen molar-refractivity contribution in [3.05, 3.63) is 29.1 Å². The molecule has 1 atom stereocenters. The molecule has 0 fully saturated rings. The molecule has 17 heavy (non-hydrogen) atoms. The highest BCUT2D eigenvalue weighted by Crippen LogP contribution is 2.38. The van der Waals surface area contributed by atoms with Gasteiger partial charge in [-0.1, -0.05) is 6.07 Å². The number of aliphatic hydroxyl groups is 1. The molecule has 0 amide bonds. The summed E-state index contributed by atoms with van der Waals surface area (Å²) in [7, 11) is 0. The number of carbonyl (C=O) groups is 1. The van der Waals surface area contributed by atoms with Crippen molar-refractivity contribution >= 4 is 11.7 Å². The summed E-state index contributed by atoms with van der Waals surface area (Å²) in [5, 5.41) is 17.5. The third-order valence-corrected chi connectivity index (χ3v) is 2.02. The summed E-state index contributed by atoms with van der Waals surface area (Å²) in [4.78, 5) is 10.4. The fourth-order valence-electron chi connectivity index (χ4n) is 1.26. The van der Waals surface area contributed by atoms with E-state index in [1.54, 1.807) is 0 Å². The molecule has 0 aliphatic rings. The summed E-state index contributed by atoms with van der Waals surface area (Å²) < 4.78 is 50.8. The Hall–Kier alpha value is -1.83. The summed E-state index contributed by atoms with van der Waals surface area (Å²) in [5.41, 5.74) is 1.22. The van der Waals surface area contributed by atoms with Crippen LogP contribution in [0.25, 0.3) is 0 Å². The minimum absolute atomic E-state index is 0.625. The van der Waals surface area contributed by atoms with Crippen LogP contribution in [0.3, 0.4) is 0 Å². The highest BCUT2D eigenvalue weighted by atomic mass is 19.4. The maximum atomic E-state index is 13.2. The third kappa shape index (κ3) is 2.47. The SMILES string of the molecule is Nc1ccc(C(O)C(=O)O)c(C(F)(F)F)c1F. The number of carboxylic acid groups (broad SMARTS) is 1. The number of alkyl halides is 3. The summed E-state index contributed by atoms with van der Waals surface area (Å²) in [6.07, 6.45) is -7.62. The lowest BCUT2D eigenvalue weighted by molar-refractivity contribution is -0.149. The van der Waals surface area contributed by atoms with E-state index in [-0.39, 0.29) is 0 Å². The smallest absolute Gasteiger partial charge is 0.419 e. The summed E-state index contributed by atoms with van der Waals surface area (Å²) in [6.45, 7) is 0. The maximum absolute atomic E-state index is 13.2. The Morgan fingerprint density at radius 1 is 1.35 bits per heavy atom. The Bertz CT molecular complexity index is 458. The lowest BCUT2D eigenvalue weighted by Crippen LogP contribution is -2.20. The zero-order chi connectivity index (χ0) is 13.4. The van der Waals surface area contributed by atoms with Crippen molar-refractivity contribution < 1.29 is 32.6 Å². The van der Waals surface area contributed by atoms with Gasteiger partial charge in [-0.2, -0.15) is 13.2 Å². The number of anilines is 1. The number of nitrogen functional groups attached to an aromatic ring is 1. The normalized spacial score (nSPS) is 13.5. The monoisotopic (exact) mass is 253 g/mol. The Balaban J connectivity index is 3.52. The second-order valence-corrected chi connectivity index (χ2v) is 3.17. The first-order valence-corrected chi connectivity index (χ1v) is 4.22. The van der Waals surface area contributed by atoms with Crippen LogP contribution in [0.2, 0.25) is 0 Å². The van der Waals surface area contributed by atoms with Gasteiger partial charge in [0.1, 0.15) is 0 Å². The van der Waals surface area contributed by atoms with Gasteiger partial charge in [0.2, 0.25) is 0 Å². The molecule has 0 bridgehead atoms. The van der Waals surface area contributed by atoms with Crippen LogP contribution in [0.5, 0.6) is 0 Å². The molecule has 4 nitrogen and oxygen atoms in total. The predicted octanol–water partition coefficient (Wildman–Crippen LogP) is 1.54. The molecular weight excluding hydrogens is 246 g/mol. The van der Waals surface area contributed by atoms with Gasteiger partial charge in [-0.3, -0.25) is 0 Å². The highest BCUT2D eigenvalue weighted by Gasteiger charge is 2.40. The Kier molecular flexibility index (Phi) is 3.28. The zero-order valence-corrected chi connectivity index (χ0v) is 8.12. The second-order valence-electron chi connectivity index (χ2n) is 3.17. The average molecular weight is 253 g/mol. The van der Waals surface area contributed by atoms with Crippen molar-refractivity contribution in [2.45, 2.75) is 12.3 Å². The van der Waals surface area contributed by atoms with Crippen molar-refractivity contribution in [1.29, 1.82) is 0 Å². The van der Waals surface area contributed by atoms with Crippen LogP contribution in [0.1, 0.15) is 17.2 Å². The van der Waals surface area contributed by atoms with Gasteiger partial charge >= 0.3 is 12.1 Å². The number of aliphatic hydroxyl groups excluding tert-OH is 1. The van der Waals surface area contributed by atoms with Gasteiger partial charge in [0, 0.05) is 5.56 Å². The van der Waals surface area contributed by atoms with E-state index in [4.69, 9.17) is 15.9 Å². The topological polar surface area (TPSA) is 83.5 Å². The zero-order valence-electron chi connectivity index (χ0n) is 8.12. The van der Waals surface area contributed by atoms with Crippen LogP contribution in [-0.2, 0) is 11.0 Å². The Morgan fingerprint density at radius 3 is 2.29 bits per heavy atom. The number of rotatable bonds is 2. The van der Waals surface area contributed by atoms with Crippen LogP contribution in [0, 0.1) is 5.82 Å². The Morgan fingerprint density at radius 2 is 1.88 bits per heavy atom. The van der Waals surface area contributed by atoms with Gasteiger partial charge in [0.05, 0.1) is 11.3 Å². The molecule has 8 heteroatoms. The van der Waals surface area contributed by atoms with E-state index < -0.39 is 40.9 Å². The van der Waals surface area contributed by atoms with Crippen LogP contribution in [-0.4, -0.2) is 16.2 Å². The molecule has 0 aromatic heterocycles. The largest absolute Gasteiger partial charge is 0.479 e. The van der Waals surface area contributed by atoms with E-state index in [0.717, 1.165) is 6.07 Å². The van der Waals surface area contributed by atoms with Crippen molar-refractivity contribution in [1.82, 2.24) is 0 Å². The molecule has 1 aromatic carbocycles. The molecule has 0 saturated carbocycles. The molecule has 94 valence electrons. The van der Waals surface area contributed by atoms with Crippen LogP contribution >= 0.6 is 0 Å². The second kappa shape index (κ2) is 4.21. The number of carboxylic acids is 1. The molecule has 0 spiro atoms. The standard InChI is InChI=1S/C9H7F4NO3/c10-6-4(14)2-1-3(7(15)8(16)17)5(6)9(11,12)13/h1-2,7,15H,14H2,(H,16,17). The molecule has 4 N–H and O–H groups in total. The van der Waals surface area contributed by atoms with E-state index in [2.05, 4.69) is 0 Å². The number of benzene rings is 1. The van der Waals surface area contributed by atoms with E-state index in [1.165, 1.54) is 0 Å². The molecule has 0 aliphatic carbocycles. The first-order valence-electron chi connectivity index (χ1n) is 4.22. The van der Waals surface area contributed by atoms with Gasteiger partial charge in [-0.15, -0.1) is 0 Å². The van der Waals surface area contributed by atoms with Crippen molar-refractivity contribution in [2.75, 3.05) is 5.73 Å². The molecule has 1 unspecified atom stereocenters. The predicted molar refractivity (Wildman–Crippen MR) is 48.4 cm³/mol. The number of nitrogens with two attached hydrogens (primary N) is 1. The van der Waals surface area contributed by atoms with Crippen LogP contribution in [0.4, 0.5) is 23.2 Å². The minimum Gasteiger partial charge on any atom is -0.479 e. The molecule has 1 rings (SSSR count). The van der Waals surface area contributed by atoms with Gasteiger partial charge in [0.25, 0.3) is 0 Å². The summed E-state index contributed by atoms with van der Waals surface area (Å²) >= 11 is 0. The van der Waals surface area contributed by atoms with Gasteiger partial charge in [-0.05, 0) is 6.07 Å². The van der Waals surface area contributed by atoms with Crippen LogP contribution in [0.15, 0.2) is 12.1 Å². The minimum atomic E-state index is -5.15. The fraction of sp³-hybridized carbons (Fsp3) is 0.222. The van der Waals surface area contributed by atoms with Crippen LogP contribution < -0.4 is 5.73 Å². The lowest BCUT2D eigenvalue weighted by atomic mass is 10.0. The first-order chi connectivity index (χ1) is 7.66. The molecule has 0 aliphatic heterocycles. The molecule has 0 saturated heterocycles. The van der Waals surface area contributed by atoms with E-state index in [0.29, 0.717) is 6.07 Å². The quantitative estimate of drug-likeness (QED) is 0.551. The highest BCUT2D eigenvalue weighted by molar-refractivity contribution is 5.75. The maximum Gasteiger partial charge on any atom is 0.419 e. The lowest BCUT2D eigenvalue weighted by Gasteiger charge is -2.16. The van der Waals surface area contributed by atoms with Gasteiger partial charge < -0.3 is 15.9 Å².